The van der Waals surface area contributed by atoms with E-state index in [1.807, 2.05) is 0 Å². The van der Waals surface area contributed by atoms with Crippen LogP contribution in [0.25, 0.3) is 0 Å². The van der Waals surface area contributed by atoms with Crippen LogP contribution in [-0.2, 0) is 0 Å². The minimum Gasteiger partial charge on any atom is -0.370 e. The molecule has 2 nitrogen and oxygen atoms in total. The van der Waals surface area contributed by atoms with Crippen molar-refractivity contribution in [2.45, 2.75) is 51.5 Å². The second-order valence-corrected chi connectivity index (χ2v) is 6.73. The van der Waals surface area contributed by atoms with Crippen molar-refractivity contribution < 1.29 is 0 Å². The van der Waals surface area contributed by atoms with Crippen LogP contribution < -0.4 is 4.90 Å². The van der Waals surface area contributed by atoms with Gasteiger partial charge in [-0.25, -0.2) is 0 Å². The first-order valence-electron chi connectivity index (χ1n) is 8.33. The lowest BCUT2D eigenvalue weighted by Gasteiger charge is -2.36. The second kappa shape index (κ2) is 6.17. The van der Waals surface area contributed by atoms with E-state index < -0.39 is 0 Å². The lowest BCUT2D eigenvalue weighted by Crippen LogP contribution is -2.44. The smallest absolute Gasteiger partial charge is 0.0369 e. The average Bonchev–Trinajstić information content (AvgIpc) is 2.69. The molecule has 1 atom stereocenters. The Balaban J connectivity index is 1.77. The van der Waals surface area contributed by atoms with Crippen LogP contribution in [-0.4, -0.2) is 37.1 Å². The summed E-state index contributed by atoms with van der Waals surface area (Å²) in [5.41, 5.74) is 2.90. The largest absolute Gasteiger partial charge is 0.370 e. The van der Waals surface area contributed by atoms with Gasteiger partial charge in [0.1, 0.15) is 0 Å². The fourth-order valence-electron chi connectivity index (χ4n) is 3.69. The highest BCUT2D eigenvalue weighted by atomic mass is 15.2. The Morgan fingerprint density at radius 1 is 1.05 bits per heavy atom. The van der Waals surface area contributed by atoms with Gasteiger partial charge in [-0.15, -0.1) is 0 Å². The minimum atomic E-state index is 0.619. The van der Waals surface area contributed by atoms with E-state index >= 15 is 0 Å². The summed E-state index contributed by atoms with van der Waals surface area (Å²) in [6.45, 7) is 9.63. The molecule has 0 N–H and O–H groups in total. The Labute approximate surface area is 123 Å². The van der Waals surface area contributed by atoms with Crippen molar-refractivity contribution >= 4 is 5.69 Å². The van der Waals surface area contributed by atoms with Gasteiger partial charge in [0.25, 0.3) is 0 Å². The van der Waals surface area contributed by atoms with Crippen molar-refractivity contribution in [2.24, 2.45) is 0 Å². The predicted octanol–water partition coefficient (Wildman–Crippen LogP) is 3.87. The van der Waals surface area contributed by atoms with Crippen LogP contribution in [0.3, 0.4) is 0 Å². The lowest BCUT2D eigenvalue weighted by atomic mass is 10.0. The highest BCUT2D eigenvalue weighted by Crippen LogP contribution is 2.26. The van der Waals surface area contributed by atoms with Crippen LogP contribution in [0.5, 0.6) is 0 Å². The molecule has 0 aliphatic carbocycles. The number of rotatable bonds is 2. The van der Waals surface area contributed by atoms with Crippen molar-refractivity contribution in [3.63, 3.8) is 0 Å². The van der Waals surface area contributed by atoms with Crippen LogP contribution in [0.15, 0.2) is 24.3 Å². The van der Waals surface area contributed by atoms with Gasteiger partial charge >= 0.3 is 0 Å². The van der Waals surface area contributed by atoms with Crippen molar-refractivity contribution in [3.8, 4) is 0 Å². The van der Waals surface area contributed by atoms with Gasteiger partial charge in [0.2, 0.25) is 0 Å². The van der Waals surface area contributed by atoms with E-state index in [0.29, 0.717) is 5.92 Å². The molecule has 2 fully saturated rings. The van der Waals surface area contributed by atoms with E-state index in [-0.39, 0.29) is 0 Å². The SMILES string of the molecule is CC(C)c1cccc(N2CCCN3CCCCC3C2)c1. The Morgan fingerprint density at radius 2 is 1.90 bits per heavy atom. The number of anilines is 1. The zero-order valence-electron chi connectivity index (χ0n) is 13.0. The molecular formula is C18H28N2. The summed E-state index contributed by atoms with van der Waals surface area (Å²) >= 11 is 0. The number of benzene rings is 1. The van der Waals surface area contributed by atoms with Crippen LogP contribution in [0, 0.1) is 0 Å². The zero-order valence-corrected chi connectivity index (χ0v) is 13.0. The van der Waals surface area contributed by atoms with Gasteiger partial charge in [0.15, 0.2) is 0 Å². The third kappa shape index (κ3) is 3.01. The summed E-state index contributed by atoms with van der Waals surface area (Å²) in [5, 5.41) is 0. The Kier molecular flexibility index (Phi) is 4.30. The van der Waals surface area contributed by atoms with Gasteiger partial charge in [-0.3, -0.25) is 4.90 Å². The third-order valence-electron chi connectivity index (χ3n) is 4.96. The fourth-order valence-corrected chi connectivity index (χ4v) is 3.69. The second-order valence-electron chi connectivity index (χ2n) is 6.73. The van der Waals surface area contributed by atoms with Crippen LogP contribution in [0.1, 0.15) is 51.0 Å². The van der Waals surface area contributed by atoms with E-state index in [2.05, 4.69) is 47.9 Å². The maximum absolute atomic E-state index is 2.73. The van der Waals surface area contributed by atoms with Gasteiger partial charge in [-0.1, -0.05) is 32.4 Å². The predicted molar refractivity (Wildman–Crippen MR) is 86.6 cm³/mol. The van der Waals surface area contributed by atoms with E-state index in [9.17, 15) is 0 Å². The summed E-state index contributed by atoms with van der Waals surface area (Å²) in [6, 6.07) is 9.98. The Hall–Kier alpha value is -1.02. The van der Waals surface area contributed by atoms with Crippen LogP contribution >= 0.6 is 0 Å². The van der Waals surface area contributed by atoms with Crippen LogP contribution in [0.4, 0.5) is 5.69 Å². The Morgan fingerprint density at radius 3 is 2.75 bits per heavy atom. The summed E-state index contributed by atoms with van der Waals surface area (Å²) in [5.74, 6) is 0.619. The molecule has 1 unspecified atom stereocenters. The first-order chi connectivity index (χ1) is 9.74. The molecule has 2 heterocycles. The number of fused-ring (bicyclic) bond motifs is 1. The van der Waals surface area contributed by atoms with Gasteiger partial charge in [-0.2, -0.15) is 0 Å². The monoisotopic (exact) mass is 272 g/mol. The van der Waals surface area contributed by atoms with Crippen molar-refractivity contribution in [3.05, 3.63) is 29.8 Å². The minimum absolute atomic E-state index is 0.619. The van der Waals surface area contributed by atoms with Gasteiger partial charge in [0, 0.05) is 31.4 Å². The molecule has 20 heavy (non-hydrogen) atoms. The van der Waals surface area contributed by atoms with E-state index in [4.69, 9.17) is 0 Å². The van der Waals surface area contributed by atoms with E-state index in [1.165, 1.54) is 63.1 Å². The summed E-state index contributed by atoms with van der Waals surface area (Å²) in [6.07, 6.45) is 5.52. The average molecular weight is 272 g/mol. The number of nitrogens with zero attached hydrogens (tertiary/aromatic N) is 2. The zero-order chi connectivity index (χ0) is 13.9. The normalized spacial score (nSPS) is 24.6. The molecule has 2 aliphatic heterocycles. The van der Waals surface area contributed by atoms with Crippen LogP contribution in [0.2, 0.25) is 0 Å². The van der Waals surface area contributed by atoms with Crippen molar-refractivity contribution in [2.75, 3.05) is 31.1 Å². The quantitative estimate of drug-likeness (QED) is 0.806. The molecular weight excluding hydrogens is 244 g/mol. The molecule has 0 spiro atoms. The number of hydrogen-bond acceptors (Lipinski definition) is 2. The molecule has 110 valence electrons. The number of piperidine rings is 1. The van der Waals surface area contributed by atoms with Gasteiger partial charge in [-0.05, 0) is 49.4 Å². The maximum atomic E-state index is 2.73. The first-order valence-corrected chi connectivity index (χ1v) is 8.33. The molecule has 2 saturated heterocycles. The molecule has 0 aromatic heterocycles. The molecule has 2 heteroatoms. The molecule has 2 aliphatic rings. The fraction of sp³-hybridized carbons (Fsp3) is 0.667. The van der Waals surface area contributed by atoms with E-state index in [0.717, 1.165) is 6.04 Å². The molecule has 1 aromatic rings. The molecule has 0 bridgehead atoms. The summed E-state index contributed by atoms with van der Waals surface area (Å²) in [7, 11) is 0. The van der Waals surface area contributed by atoms with Crippen molar-refractivity contribution in [1.82, 2.24) is 4.90 Å². The molecule has 1 aromatic carbocycles. The van der Waals surface area contributed by atoms with E-state index in [1.54, 1.807) is 0 Å². The summed E-state index contributed by atoms with van der Waals surface area (Å²) in [4.78, 5) is 5.36. The topological polar surface area (TPSA) is 6.48 Å². The first kappa shape index (κ1) is 13.9. The molecule has 0 saturated carbocycles. The van der Waals surface area contributed by atoms with Gasteiger partial charge < -0.3 is 4.90 Å². The highest BCUT2D eigenvalue weighted by Gasteiger charge is 2.27. The number of hydrogen-bond donors (Lipinski definition) is 0. The maximum Gasteiger partial charge on any atom is 0.0369 e. The van der Waals surface area contributed by atoms with Crippen molar-refractivity contribution in [1.29, 1.82) is 0 Å². The lowest BCUT2D eigenvalue weighted by molar-refractivity contribution is 0.162. The highest BCUT2D eigenvalue weighted by molar-refractivity contribution is 5.49. The molecule has 0 amide bonds. The standard InChI is InChI=1S/C18H28N2/c1-15(2)16-7-5-9-17(13-16)20-12-6-11-19-10-4-3-8-18(19)14-20/h5,7,9,13,15,18H,3-4,6,8,10-12,14H2,1-2H3. The molecule has 3 rings (SSSR count). The summed E-state index contributed by atoms with van der Waals surface area (Å²) < 4.78 is 0. The van der Waals surface area contributed by atoms with Gasteiger partial charge in [0.05, 0.1) is 0 Å². The Bertz CT molecular complexity index is 441. The molecule has 0 radical (unpaired) electrons. The third-order valence-corrected chi connectivity index (χ3v) is 4.96.